The number of hydrogen-bond donors (Lipinski definition) is 2. The Bertz CT molecular complexity index is 1590. The van der Waals surface area contributed by atoms with Crippen molar-refractivity contribution in [1.82, 2.24) is 19.0 Å². The predicted molar refractivity (Wildman–Crippen MR) is 155 cm³/mol. The van der Waals surface area contributed by atoms with E-state index in [1.165, 1.54) is 17.9 Å². The molecule has 220 valence electrons. The van der Waals surface area contributed by atoms with Crippen molar-refractivity contribution in [2.24, 2.45) is 19.1 Å². The van der Waals surface area contributed by atoms with Gasteiger partial charge in [-0.15, -0.1) is 0 Å². The first-order valence-corrected chi connectivity index (χ1v) is 13.7. The monoisotopic (exact) mass is 575 g/mol. The van der Waals surface area contributed by atoms with Crippen molar-refractivity contribution in [1.29, 1.82) is 0 Å². The van der Waals surface area contributed by atoms with E-state index in [2.05, 4.69) is 25.3 Å². The van der Waals surface area contributed by atoms with Gasteiger partial charge in [0, 0.05) is 51.7 Å². The Morgan fingerprint density at radius 3 is 2.69 bits per heavy atom. The van der Waals surface area contributed by atoms with Gasteiger partial charge >= 0.3 is 5.97 Å². The van der Waals surface area contributed by atoms with E-state index in [0.29, 0.717) is 41.4 Å². The fourth-order valence-corrected chi connectivity index (χ4v) is 5.12. The van der Waals surface area contributed by atoms with Crippen LogP contribution in [0.15, 0.2) is 35.6 Å². The molecule has 5 rings (SSSR count). The van der Waals surface area contributed by atoms with E-state index in [0.717, 1.165) is 24.9 Å². The summed E-state index contributed by atoms with van der Waals surface area (Å²) in [5.74, 6) is -0.419. The number of aryl methyl sites for hydroxylation is 3. The molecule has 1 fully saturated rings. The van der Waals surface area contributed by atoms with Gasteiger partial charge in [0.25, 0.3) is 11.8 Å². The second kappa shape index (κ2) is 11.9. The lowest BCUT2D eigenvalue weighted by Crippen LogP contribution is -2.35. The van der Waals surface area contributed by atoms with Crippen LogP contribution in [0.1, 0.15) is 62.7 Å². The van der Waals surface area contributed by atoms with Gasteiger partial charge in [0.15, 0.2) is 5.82 Å². The summed E-state index contributed by atoms with van der Waals surface area (Å²) in [7, 11) is 4.55. The fourth-order valence-electron chi connectivity index (χ4n) is 5.12. The molecule has 0 aliphatic carbocycles. The van der Waals surface area contributed by atoms with Crippen molar-refractivity contribution < 1.29 is 28.7 Å². The highest BCUT2D eigenvalue weighted by Crippen LogP contribution is 2.34. The second-order valence-corrected chi connectivity index (χ2v) is 10.4. The molecule has 0 spiro atoms. The zero-order valence-corrected chi connectivity index (χ0v) is 24.0. The largest absolute Gasteiger partial charge is 0.493 e. The molecule has 1 saturated heterocycles. The Morgan fingerprint density at radius 2 is 1.90 bits per heavy atom. The first-order chi connectivity index (χ1) is 20.1. The van der Waals surface area contributed by atoms with E-state index in [-0.39, 0.29) is 35.9 Å². The Hall–Kier alpha value is -4.94. The van der Waals surface area contributed by atoms with Crippen molar-refractivity contribution in [3.8, 4) is 5.75 Å². The van der Waals surface area contributed by atoms with Gasteiger partial charge in [-0.1, -0.05) is 0 Å². The average Bonchev–Trinajstić information content (AvgIpc) is 3.66. The second-order valence-electron chi connectivity index (χ2n) is 10.4. The summed E-state index contributed by atoms with van der Waals surface area (Å²) >= 11 is 0. The van der Waals surface area contributed by atoms with Crippen LogP contribution in [0.2, 0.25) is 0 Å². The van der Waals surface area contributed by atoms with Crippen molar-refractivity contribution in [3.63, 3.8) is 0 Å². The number of benzene rings is 1. The molecule has 2 aliphatic rings. The first kappa shape index (κ1) is 28.6. The van der Waals surface area contributed by atoms with Crippen molar-refractivity contribution >= 4 is 47.1 Å². The number of amides is 3. The van der Waals surface area contributed by atoms with Crippen molar-refractivity contribution in [2.75, 3.05) is 30.9 Å². The number of methoxy groups -OCH3 is 1. The fraction of sp³-hybridized carbons (Fsp3) is 0.379. The third-order valence-corrected chi connectivity index (χ3v) is 7.28. The van der Waals surface area contributed by atoms with Crippen molar-refractivity contribution in [3.05, 3.63) is 53.2 Å². The summed E-state index contributed by atoms with van der Waals surface area (Å²) in [6.07, 6.45) is 7.56. The molecule has 1 aromatic carbocycles. The average molecular weight is 576 g/mol. The number of ether oxygens (including phenoxy) is 2. The SMILES string of the molecule is COC(=O)c1nc(NC(=O)c2cc(NC(=O)CCCOc3cc4c(cc3C)C(=O)N3CCC[C@H]3C=N4)cn2C)cn1C. The molecule has 42 heavy (non-hydrogen) atoms. The summed E-state index contributed by atoms with van der Waals surface area (Å²) in [6, 6.07) is 5.22. The molecule has 3 amide bonds. The summed E-state index contributed by atoms with van der Waals surface area (Å²) in [4.78, 5) is 60.6. The topological polar surface area (TPSA) is 149 Å². The third kappa shape index (κ3) is 5.90. The highest BCUT2D eigenvalue weighted by atomic mass is 16.5. The third-order valence-electron chi connectivity index (χ3n) is 7.28. The number of aromatic nitrogens is 3. The Labute approximate surface area is 242 Å². The number of carbonyl (C=O) groups excluding carboxylic acids is 4. The van der Waals surface area contributed by atoms with Crippen LogP contribution in [0.5, 0.6) is 5.75 Å². The van der Waals surface area contributed by atoms with E-state index in [4.69, 9.17) is 4.74 Å². The number of carbonyl (C=O) groups is 4. The quantitative estimate of drug-likeness (QED) is 0.294. The minimum Gasteiger partial charge on any atom is -0.493 e. The van der Waals surface area contributed by atoms with Gasteiger partial charge in [-0.2, -0.15) is 0 Å². The maximum Gasteiger partial charge on any atom is 0.374 e. The zero-order valence-electron chi connectivity index (χ0n) is 24.0. The molecule has 0 saturated carbocycles. The van der Waals surface area contributed by atoms with E-state index in [1.54, 1.807) is 37.0 Å². The minimum absolute atomic E-state index is 0.00214. The van der Waals surface area contributed by atoms with E-state index in [1.807, 2.05) is 24.1 Å². The molecule has 2 N–H and O–H groups in total. The number of fused-ring (bicyclic) bond motifs is 2. The number of anilines is 2. The molecule has 0 radical (unpaired) electrons. The molecule has 13 nitrogen and oxygen atoms in total. The molecular weight excluding hydrogens is 542 g/mol. The smallest absolute Gasteiger partial charge is 0.374 e. The van der Waals surface area contributed by atoms with Crippen LogP contribution in [0.25, 0.3) is 0 Å². The van der Waals surface area contributed by atoms with Crippen LogP contribution in [0.4, 0.5) is 17.2 Å². The van der Waals surface area contributed by atoms with E-state index < -0.39 is 11.9 Å². The highest BCUT2D eigenvalue weighted by Gasteiger charge is 2.32. The summed E-state index contributed by atoms with van der Waals surface area (Å²) in [5.41, 5.74) is 2.78. The number of nitrogens with zero attached hydrogens (tertiary/aromatic N) is 5. The van der Waals surface area contributed by atoms with Crippen LogP contribution in [-0.4, -0.2) is 75.2 Å². The Balaban J connectivity index is 1.12. The maximum atomic E-state index is 13.0. The van der Waals surface area contributed by atoms with Gasteiger partial charge in [-0.05, 0) is 43.9 Å². The molecule has 0 bridgehead atoms. The molecular formula is C29H33N7O6. The molecule has 4 heterocycles. The summed E-state index contributed by atoms with van der Waals surface area (Å²) in [5, 5.41) is 5.45. The predicted octanol–water partition coefficient (Wildman–Crippen LogP) is 3.22. The van der Waals surface area contributed by atoms with Gasteiger partial charge in [-0.25, -0.2) is 9.78 Å². The molecule has 13 heteroatoms. The Kier molecular flexibility index (Phi) is 8.09. The summed E-state index contributed by atoms with van der Waals surface area (Å²) < 4.78 is 13.7. The van der Waals surface area contributed by atoms with Gasteiger partial charge in [0.05, 0.1) is 36.7 Å². The van der Waals surface area contributed by atoms with Crippen LogP contribution in [0, 0.1) is 6.92 Å². The Morgan fingerprint density at radius 1 is 1.10 bits per heavy atom. The van der Waals surface area contributed by atoms with Gasteiger partial charge in [-0.3, -0.25) is 19.4 Å². The number of hydrogen-bond acceptors (Lipinski definition) is 8. The molecule has 1 atom stereocenters. The molecule has 2 aliphatic heterocycles. The van der Waals surface area contributed by atoms with Crippen molar-refractivity contribution in [2.45, 2.75) is 38.6 Å². The van der Waals surface area contributed by atoms with Crippen LogP contribution < -0.4 is 15.4 Å². The van der Waals surface area contributed by atoms with Gasteiger partial charge in [0.1, 0.15) is 11.4 Å². The van der Waals surface area contributed by atoms with Gasteiger partial charge < -0.3 is 34.1 Å². The number of aliphatic imine (C=N–C) groups is 1. The lowest BCUT2D eigenvalue weighted by Gasteiger charge is -2.20. The minimum atomic E-state index is -0.619. The molecule has 3 aromatic rings. The normalized spacial score (nSPS) is 15.6. The standard InChI is InChI=1S/C29H33N7O6/c1-17-11-20-21(30-14-19-7-5-9-36(19)28(20)39)13-23(17)42-10-6-8-25(37)31-18-12-22(34(2)15-18)27(38)33-24-16-35(3)26(32-24)29(40)41-4/h11-16,19H,5-10H2,1-4H3,(H,31,37)(H,33,38)/t19-/m0/s1. The lowest BCUT2D eigenvalue weighted by atomic mass is 10.1. The first-order valence-electron chi connectivity index (χ1n) is 13.7. The van der Waals surface area contributed by atoms with Crippen LogP contribution >= 0.6 is 0 Å². The van der Waals surface area contributed by atoms with Crippen LogP contribution in [-0.2, 0) is 23.6 Å². The highest BCUT2D eigenvalue weighted by molar-refractivity contribution is 6.05. The molecule has 2 aromatic heterocycles. The lowest BCUT2D eigenvalue weighted by molar-refractivity contribution is -0.116. The molecule has 0 unspecified atom stereocenters. The van der Waals surface area contributed by atoms with E-state index >= 15 is 0 Å². The zero-order chi connectivity index (χ0) is 30.0. The van der Waals surface area contributed by atoms with E-state index in [9.17, 15) is 19.2 Å². The maximum absolute atomic E-state index is 13.0. The number of rotatable bonds is 9. The number of imidazole rings is 1. The van der Waals surface area contributed by atoms with Gasteiger partial charge in [0.2, 0.25) is 11.7 Å². The van der Waals surface area contributed by atoms with Crippen LogP contribution in [0.3, 0.4) is 0 Å². The number of esters is 1. The number of nitrogens with one attached hydrogen (secondary N) is 2. The summed E-state index contributed by atoms with van der Waals surface area (Å²) in [6.45, 7) is 2.94.